The fourth-order valence-corrected chi connectivity index (χ4v) is 8.37. The van der Waals surface area contributed by atoms with E-state index in [4.69, 9.17) is 15.3 Å². The molecule has 3 aromatic rings. The molecule has 6 nitrogen and oxygen atoms in total. The van der Waals surface area contributed by atoms with Crippen molar-refractivity contribution in [2.45, 2.75) is 119 Å². The molecular formula is C27H42BBr3N6-. The second kappa shape index (κ2) is 11.7. The number of hydrogen-bond acceptors (Lipinski definition) is 3. The van der Waals surface area contributed by atoms with Gasteiger partial charge in [-0.1, -0.05) is 83.1 Å². The Kier molecular flexibility index (Phi) is 9.71. The Hall–Kier alpha value is -0.865. The summed E-state index contributed by atoms with van der Waals surface area (Å²) >= 11 is 11.8. The van der Waals surface area contributed by atoms with Crippen molar-refractivity contribution in [2.75, 3.05) is 0 Å². The van der Waals surface area contributed by atoms with Crippen molar-refractivity contribution in [3.63, 3.8) is 0 Å². The van der Waals surface area contributed by atoms with Gasteiger partial charge in [-0.05, 0) is 83.3 Å². The van der Waals surface area contributed by atoms with Gasteiger partial charge in [-0.25, -0.2) is 15.3 Å². The summed E-state index contributed by atoms with van der Waals surface area (Å²) in [6.07, 6.45) is 0. The average Bonchev–Trinajstić information content (AvgIpc) is 3.40. The van der Waals surface area contributed by atoms with Crippen molar-refractivity contribution >= 4 is 54.9 Å². The SMILES string of the molecule is CC(C)c1nn([B-](n2nc(C(C)C)c(Br)c2C(C)C)n2nc(C(C)C)c(Br)c2C(C)C)c(C(C)C)c1Br. The number of nitrogens with zero attached hydrogens (tertiary/aromatic N) is 6. The molecule has 0 aliphatic heterocycles. The Balaban J connectivity index is 2.56. The fourth-order valence-electron chi connectivity index (χ4n) is 4.84. The van der Waals surface area contributed by atoms with Crippen LogP contribution in [0, 0.1) is 0 Å². The Morgan fingerprint density at radius 2 is 0.649 bits per heavy atom. The molecule has 3 aromatic heterocycles. The molecule has 0 atom stereocenters. The number of halogens is 3. The molecule has 205 valence electrons. The Morgan fingerprint density at radius 3 is 0.811 bits per heavy atom. The Morgan fingerprint density at radius 1 is 0.432 bits per heavy atom. The van der Waals surface area contributed by atoms with Crippen LogP contribution in [0.15, 0.2) is 13.4 Å². The monoisotopic (exact) mass is 698 g/mol. The van der Waals surface area contributed by atoms with E-state index in [1.807, 2.05) is 0 Å². The zero-order chi connectivity index (χ0) is 28.1. The molecule has 0 spiro atoms. The van der Waals surface area contributed by atoms with E-state index >= 15 is 0 Å². The van der Waals surface area contributed by atoms with E-state index < -0.39 is 7.12 Å². The second-order valence-electron chi connectivity index (χ2n) is 11.9. The van der Waals surface area contributed by atoms with Crippen LogP contribution in [0.4, 0.5) is 0 Å². The van der Waals surface area contributed by atoms with E-state index in [1.54, 1.807) is 0 Å². The predicted molar refractivity (Wildman–Crippen MR) is 166 cm³/mol. The van der Waals surface area contributed by atoms with Crippen LogP contribution in [0.25, 0.3) is 0 Å². The molecule has 37 heavy (non-hydrogen) atoms. The minimum Gasteiger partial charge on any atom is -0.421 e. The fraction of sp³-hybridized carbons (Fsp3) is 0.667. The van der Waals surface area contributed by atoms with Crippen LogP contribution >= 0.6 is 47.8 Å². The van der Waals surface area contributed by atoms with Crippen LogP contribution in [-0.4, -0.2) is 36.2 Å². The summed E-state index contributed by atoms with van der Waals surface area (Å²) in [7, 11) is -0.399. The van der Waals surface area contributed by atoms with Gasteiger partial charge >= 0.3 is 0 Å². The standard InChI is InChI=1S/C27H42BBr3N6/c1-13(2)22-19(29)25(16(7)8)35(32-22)28(36-26(17(9)10)20(30)23(33-36)14(3)4)37-27(18(11)12)21(31)24(34-37)15(5)6/h13-18H,1-12H3/q-1. The third-order valence-corrected chi connectivity index (χ3v) is 9.11. The zero-order valence-electron chi connectivity index (χ0n) is 24.4. The quantitative estimate of drug-likeness (QED) is 0.209. The highest BCUT2D eigenvalue weighted by Crippen LogP contribution is 2.38. The lowest BCUT2D eigenvalue weighted by atomic mass is 9.89. The molecule has 0 fully saturated rings. The first-order valence-electron chi connectivity index (χ1n) is 13.4. The van der Waals surface area contributed by atoms with Gasteiger partial charge < -0.3 is 13.8 Å². The molecule has 0 aliphatic rings. The molecule has 0 saturated carbocycles. The molecule has 0 aromatic carbocycles. The van der Waals surface area contributed by atoms with Crippen LogP contribution in [-0.2, 0) is 0 Å². The number of aromatic nitrogens is 6. The topological polar surface area (TPSA) is 53.5 Å². The Labute approximate surface area is 248 Å². The summed E-state index contributed by atoms with van der Waals surface area (Å²) in [4.78, 5) is 0. The van der Waals surface area contributed by atoms with E-state index in [-0.39, 0.29) is 35.5 Å². The Bertz CT molecular complexity index is 1100. The van der Waals surface area contributed by atoms with E-state index in [0.717, 1.165) is 47.6 Å². The molecule has 10 heteroatoms. The van der Waals surface area contributed by atoms with Gasteiger partial charge in [-0.3, -0.25) is 0 Å². The smallest absolute Gasteiger partial charge is 0.261 e. The normalized spacial score (nSPS) is 12.8. The van der Waals surface area contributed by atoms with Gasteiger partial charge in [0.15, 0.2) is 0 Å². The van der Waals surface area contributed by atoms with Crippen LogP contribution < -0.4 is 0 Å². The molecule has 1 radical (unpaired) electrons. The van der Waals surface area contributed by atoms with Gasteiger partial charge in [-0.15, -0.1) is 0 Å². The average molecular weight is 701 g/mol. The lowest BCUT2D eigenvalue weighted by Crippen LogP contribution is -2.47. The lowest BCUT2D eigenvalue weighted by molar-refractivity contribution is 0.645. The van der Waals surface area contributed by atoms with Crippen LogP contribution in [0.3, 0.4) is 0 Å². The maximum atomic E-state index is 5.27. The summed E-state index contributed by atoms with van der Waals surface area (Å²) in [5, 5.41) is 15.8. The predicted octanol–water partition coefficient (Wildman–Crippen LogP) is 9.23. The van der Waals surface area contributed by atoms with E-state index in [9.17, 15) is 0 Å². The molecule has 0 amide bonds. The first-order valence-corrected chi connectivity index (χ1v) is 15.8. The summed E-state index contributed by atoms with van der Waals surface area (Å²) in [6, 6.07) is 0. The second-order valence-corrected chi connectivity index (χ2v) is 14.2. The van der Waals surface area contributed by atoms with Gasteiger partial charge in [0.25, 0.3) is 7.12 Å². The third kappa shape index (κ3) is 5.58. The van der Waals surface area contributed by atoms with Crippen molar-refractivity contribution in [1.82, 2.24) is 29.1 Å². The number of hydrogen-bond donors (Lipinski definition) is 0. The van der Waals surface area contributed by atoms with Crippen molar-refractivity contribution in [3.8, 4) is 0 Å². The highest BCUT2D eigenvalue weighted by molar-refractivity contribution is 9.11. The van der Waals surface area contributed by atoms with Gasteiger partial charge in [0.05, 0.1) is 30.5 Å². The molecule has 0 saturated heterocycles. The zero-order valence-corrected chi connectivity index (χ0v) is 29.1. The van der Waals surface area contributed by atoms with Gasteiger partial charge in [0.1, 0.15) is 0 Å². The maximum absolute atomic E-state index is 5.27. The first-order chi connectivity index (χ1) is 17.1. The van der Waals surface area contributed by atoms with Gasteiger partial charge in [0, 0.05) is 17.1 Å². The van der Waals surface area contributed by atoms with Gasteiger partial charge in [-0.2, -0.15) is 0 Å². The number of rotatable bonds is 9. The first kappa shape index (κ1) is 30.7. The molecule has 3 rings (SSSR count). The highest BCUT2D eigenvalue weighted by Gasteiger charge is 2.30. The third-order valence-electron chi connectivity index (χ3n) is 6.67. The van der Waals surface area contributed by atoms with E-state index in [1.165, 1.54) is 0 Å². The minimum atomic E-state index is -0.399. The van der Waals surface area contributed by atoms with E-state index in [0.29, 0.717) is 0 Å². The maximum Gasteiger partial charge on any atom is 0.261 e. The summed E-state index contributed by atoms with van der Waals surface area (Å²) in [5.41, 5.74) is 6.60. The lowest BCUT2D eigenvalue weighted by Gasteiger charge is -2.37. The molecule has 0 aliphatic carbocycles. The largest absolute Gasteiger partial charge is 0.421 e. The summed E-state index contributed by atoms with van der Waals surface area (Å²) < 4.78 is 9.71. The molecular weight excluding hydrogens is 659 g/mol. The van der Waals surface area contributed by atoms with Crippen molar-refractivity contribution in [1.29, 1.82) is 0 Å². The van der Waals surface area contributed by atoms with Crippen molar-refractivity contribution in [3.05, 3.63) is 47.6 Å². The van der Waals surface area contributed by atoms with Crippen LogP contribution in [0.1, 0.15) is 153 Å². The van der Waals surface area contributed by atoms with Crippen LogP contribution in [0.5, 0.6) is 0 Å². The highest BCUT2D eigenvalue weighted by atomic mass is 79.9. The summed E-state index contributed by atoms with van der Waals surface area (Å²) in [5.74, 6) is 1.55. The van der Waals surface area contributed by atoms with Crippen molar-refractivity contribution < 1.29 is 0 Å². The van der Waals surface area contributed by atoms with Gasteiger partial charge in [0.2, 0.25) is 0 Å². The summed E-state index contributed by atoms with van der Waals surface area (Å²) in [6.45, 7) is 26.5. The van der Waals surface area contributed by atoms with E-state index in [2.05, 4.69) is 145 Å². The minimum absolute atomic E-state index is 0.244. The van der Waals surface area contributed by atoms with Crippen molar-refractivity contribution in [2.24, 2.45) is 0 Å². The molecule has 0 bridgehead atoms. The molecule has 3 heterocycles. The molecule has 0 unspecified atom stereocenters. The molecule has 0 N–H and O–H groups in total. The van der Waals surface area contributed by atoms with Crippen LogP contribution in [0.2, 0.25) is 0 Å².